The third-order valence-corrected chi connectivity index (χ3v) is 2.38. The minimum Gasteiger partial charge on any atom is -0.497 e. The highest BCUT2D eigenvalue weighted by Gasteiger charge is 2.14. The van der Waals surface area contributed by atoms with E-state index in [9.17, 15) is 4.79 Å². The van der Waals surface area contributed by atoms with Crippen molar-refractivity contribution in [1.29, 1.82) is 0 Å². The lowest BCUT2D eigenvalue weighted by molar-refractivity contribution is -0.120. The third-order valence-electron chi connectivity index (χ3n) is 2.38. The Morgan fingerprint density at radius 2 is 2.18 bits per heavy atom. The summed E-state index contributed by atoms with van der Waals surface area (Å²) in [4.78, 5) is 11.8. The van der Waals surface area contributed by atoms with E-state index >= 15 is 0 Å². The molecule has 1 amide bonds. The lowest BCUT2D eigenvalue weighted by Gasteiger charge is -2.13. The topological polar surface area (TPSA) is 73.6 Å². The smallest absolute Gasteiger partial charge is 0.229 e. The van der Waals surface area contributed by atoms with Crippen LogP contribution in [0.25, 0.3) is 0 Å². The maximum atomic E-state index is 11.8. The van der Waals surface area contributed by atoms with E-state index in [0.717, 1.165) is 0 Å². The molecular weight excluding hydrogens is 220 g/mol. The normalized spacial score (nSPS) is 11.9. The van der Waals surface area contributed by atoms with Gasteiger partial charge in [0.2, 0.25) is 5.91 Å². The zero-order valence-electron chi connectivity index (χ0n) is 10.3. The Morgan fingerprint density at radius 3 is 2.76 bits per heavy atom. The van der Waals surface area contributed by atoms with Gasteiger partial charge in [-0.2, -0.15) is 0 Å². The molecule has 0 aliphatic carbocycles. The number of benzene rings is 1. The Kier molecular flexibility index (Phi) is 4.78. The highest BCUT2D eigenvalue weighted by Crippen LogP contribution is 2.24. The summed E-state index contributed by atoms with van der Waals surface area (Å²) in [5, 5.41) is 2.75. The molecule has 17 heavy (non-hydrogen) atoms. The van der Waals surface area contributed by atoms with Crippen molar-refractivity contribution in [3.8, 4) is 5.75 Å². The molecule has 1 atom stereocenters. The van der Waals surface area contributed by atoms with Crippen molar-refractivity contribution in [2.45, 2.75) is 6.92 Å². The van der Waals surface area contributed by atoms with E-state index in [0.29, 0.717) is 23.7 Å². The Hall–Kier alpha value is -1.75. The van der Waals surface area contributed by atoms with Crippen molar-refractivity contribution >= 4 is 17.3 Å². The number of hydrogen-bond donors (Lipinski definition) is 2. The monoisotopic (exact) mass is 238 g/mol. The molecule has 0 aliphatic rings. The molecule has 5 heteroatoms. The summed E-state index contributed by atoms with van der Waals surface area (Å²) in [7, 11) is 3.12. The van der Waals surface area contributed by atoms with Gasteiger partial charge in [-0.3, -0.25) is 4.79 Å². The van der Waals surface area contributed by atoms with Gasteiger partial charge in [-0.1, -0.05) is 6.92 Å². The molecule has 1 unspecified atom stereocenters. The summed E-state index contributed by atoms with van der Waals surface area (Å²) in [6, 6.07) is 5.12. The third kappa shape index (κ3) is 3.64. The number of carbonyl (C=O) groups excluding carboxylic acids is 1. The van der Waals surface area contributed by atoms with E-state index in [2.05, 4.69) is 5.32 Å². The van der Waals surface area contributed by atoms with Crippen LogP contribution in [-0.2, 0) is 9.53 Å². The first kappa shape index (κ1) is 13.3. The van der Waals surface area contributed by atoms with Gasteiger partial charge in [0, 0.05) is 13.2 Å². The summed E-state index contributed by atoms with van der Waals surface area (Å²) >= 11 is 0. The van der Waals surface area contributed by atoms with E-state index in [-0.39, 0.29) is 11.8 Å². The standard InChI is InChI=1S/C12H18N2O3/c1-8(7-16-2)12(15)14-11-6-9(17-3)4-5-10(11)13/h4-6,8H,7,13H2,1-3H3,(H,14,15). The van der Waals surface area contributed by atoms with Crippen molar-refractivity contribution in [2.75, 3.05) is 31.9 Å². The molecule has 0 heterocycles. The van der Waals surface area contributed by atoms with Crippen LogP contribution in [0.15, 0.2) is 18.2 Å². The molecule has 0 aliphatic heterocycles. The molecule has 0 aromatic heterocycles. The van der Waals surface area contributed by atoms with Gasteiger partial charge in [0.25, 0.3) is 0 Å². The number of anilines is 2. The van der Waals surface area contributed by atoms with Gasteiger partial charge >= 0.3 is 0 Å². The van der Waals surface area contributed by atoms with Crippen LogP contribution in [0.1, 0.15) is 6.92 Å². The SMILES string of the molecule is COCC(C)C(=O)Nc1cc(OC)ccc1N. The van der Waals surface area contributed by atoms with Crippen molar-refractivity contribution in [3.05, 3.63) is 18.2 Å². The van der Waals surface area contributed by atoms with Gasteiger partial charge in [0.05, 0.1) is 31.0 Å². The number of hydrogen-bond acceptors (Lipinski definition) is 4. The highest BCUT2D eigenvalue weighted by atomic mass is 16.5. The summed E-state index contributed by atoms with van der Waals surface area (Å²) in [5.74, 6) is 0.284. The van der Waals surface area contributed by atoms with Crippen molar-refractivity contribution in [1.82, 2.24) is 0 Å². The van der Waals surface area contributed by atoms with Gasteiger partial charge in [0.1, 0.15) is 5.75 Å². The fourth-order valence-electron chi connectivity index (χ4n) is 1.35. The van der Waals surface area contributed by atoms with Crippen LogP contribution in [0.3, 0.4) is 0 Å². The maximum absolute atomic E-state index is 11.8. The van der Waals surface area contributed by atoms with Crippen LogP contribution in [-0.4, -0.2) is 26.7 Å². The van der Waals surface area contributed by atoms with Gasteiger partial charge in [-0.25, -0.2) is 0 Å². The molecule has 0 radical (unpaired) electrons. The molecule has 0 saturated carbocycles. The zero-order valence-corrected chi connectivity index (χ0v) is 10.3. The molecule has 5 nitrogen and oxygen atoms in total. The number of carbonyl (C=O) groups is 1. The Balaban J connectivity index is 2.76. The number of nitrogen functional groups attached to an aromatic ring is 1. The molecular formula is C12H18N2O3. The van der Waals surface area contributed by atoms with E-state index < -0.39 is 0 Å². The molecule has 1 rings (SSSR count). The molecule has 0 fully saturated rings. The fraction of sp³-hybridized carbons (Fsp3) is 0.417. The van der Waals surface area contributed by atoms with E-state index in [1.165, 1.54) is 0 Å². The van der Waals surface area contributed by atoms with Crippen molar-refractivity contribution in [3.63, 3.8) is 0 Å². The summed E-state index contributed by atoms with van der Waals surface area (Å²) < 4.78 is 9.99. The van der Waals surface area contributed by atoms with Crippen LogP contribution >= 0.6 is 0 Å². The van der Waals surface area contributed by atoms with Gasteiger partial charge in [0.15, 0.2) is 0 Å². The summed E-state index contributed by atoms with van der Waals surface area (Å²) in [5.41, 5.74) is 6.82. The van der Waals surface area contributed by atoms with Gasteiger partial charge in [-0.05, 0) is 12.1 Å². The first-order chi connectivity index (χ1) is 8.08. The molecule has 3 N–H and O–H groups in total. The fourth-order valence-corrected chi connectivity index (χ4v) is 1.35. The maximum Gasteiger partial charge on any atom is 0.229 e. The van der Waals surface area contributed by atoms with Gasteiger partial charge in [-0.15, -0.1) is 0 Å². The molecule has 0 spiro atoms. The van der Waals surface area contributed by atoms with Gasteiger partial charge < -0.3 is 20.5 Å². The molecule has 0 saturated heterocycles. The average molecular weight is 238 g/mol. The molecule has 1 aromatic rings. The Bertz CT molecular complexity index is 393. The minimum absolute atomic E-state index is 0.133. The predicted molar refractivity (Wildman–Crippen MR) is 67.1 cm³/mol. The number of nitrogens with two attached hydrogens (primary N) is 1. The van der Waals surface area contributed by atoms with Crippen molar-refractivity contribution in [2.24, 2.45) is 5.92 Å². The quantitative estimate of drug-likeness (QED) is 0.762. The molecule has 1 aromatic carbocycles. The largest absolute Gasteiger partial charge is 0.497 e. The van der Waals surface area contributed by atoms with E-state index in [1.807, 2.05) is 0 Å². The molecule has 94 valence electrons. The zero-order chi connectivity index (χ0) is 12.8. The number of rotatable bonds is 5. The van der Waals surface area contributed by atoms with E-state index in [4.69, 9.17) is 15.2 Å². The van der Waals surface area contributed by atoms with Crippen molar-refractivity contribution < 1.29 is 14.3 Å². The molecule has 0 bridgehead atoms. The summed E-state index contributed by atoms with van der Waals surface area (Å²) in [6.45, 7) is 2.16. The van der Waals surface area contributed by atoms with Crippen LogP contribution in [0.4, 0.5) is 11.4 Å². The second kappa shape index (κ2) is 6.10. The second-order valence-corrected chi connectivity index (χ2v) is 3.80. The summed E-state index contributed by atoms with van der Waals surface area (Å²) in [6.07, 6.45) is 0. The Labute approximate surface area is 101 Å². The van der Waals surface area contributed by atoms with Crippen LogP contribution in [0.2, 0.25) is 0 Å². The Morgan fingerprint density at radius 1 is 1.47 bits per heavy atom. The van der Waals surface area contributed by atoms with Crippen LogP contribution < -0.4 is 15.8 Å². The number of methoxy groups -OCH3 is 2. The predicted octanol–water partition coefficient (Wildman–Crippen LogP) is 1.50. The first-order valence-corrected chi connectivity index (χ1v) is 5.31. The number of ether oxygens (including phenoxy) is 2. The lowest BCUT2D eigenvalue weighted by Crippen LogP contribution is -2.24. The van der Waals surface area contributed by atoms with Crippen LogP contribution in [0, 0.1) is 5.92 Å². The number of amides is 1. The second-order valence-electron chi connectivity index (χ2n) is 3.80. The first-order valence-electron chi connectivity index (χ1n) is 5.31. The number of nitrogens with one attached hydrogen (secondary N) is 1. The highest BCUT2D eigenvalue weighted by molar-refractivity contribution is 5.95. The lowest BCUT2D eigenvalue weighted by atomic mass is 10.1. The van der Waals surface area contributed by atoms with Crippen LogP contribution in [0.5, 0.6) is 5.75 Å². The minimum atomic E-state index is -0.231. The average Bonchev–Trinajstić information content (AvgIpc) is 2.32. The van der Waals surface area contributed by atoms with E-state index in [1.54, 1.807) is 39.3 Å².